The van der Waals surface area contributed by atoms with Gasteiger partial charge in [-0.15, -0.1) is 0 Å². The number of allylic oxidation sites excluding steroid dienone is 2. The molecule has 0 aliphatic heterocycles. The van der Waals surface area contributed by atoms with Crippen molar-refractivity contribution in [3.05, 3.63) is 109 Å². The van der Waals surface area contributed by atoms with E-state index in [1.165, 1.54) is 17.7 Å². The number of hydrogen-bond donors (Lipinski definition) is 0. The Morgan fingerprint density at radius 2 is 1.31 bits per heavy atom. The van der Waals surface area contributed by atoms with Crippen LogP contribution < -0.4 is 5.69 Å². The van der Waals surface area contributed by atoms with Crippen molar-refractivity contribution in [2.75, 3.05) is 0 Å². The molecule has 0 fully saturated rings. The van der Waals surface area contributed by atoms with Crippen LogP contribution in [-0.4, -0.2) is 14.1 Å². The average molecular weight is 430 g/mol. The Morgan fingerprint density at radius 1 is 0.844 bits per heavy atom. The van der Waals surface area contributed by atoms with Gasteiger partial charge in [-0.2, -0.15) is 0 Å². The van der Waals surface area contributed by atoms with Gasteiger partial charge in [0.1, 0.15) is 0 Å². The SMILES string of the molecule is CC(C)(C)c1ccc(Cn2c3c(n(Cc4ccc([N+](=O)[O-])cc4)c2=O)C=CCC=C3)cc1. The molecule has 0 saturated heterocycles. The normalized spacial score (nSPS) is 13.1. The minimum atomic E-state index is -0.420. The smallest absolute Gasteiger partial charge is 0.288 e. The lowest BCUT2D eigenvalue weighted by molar-refractivity contribution is -0.384. The summed E-state index contributed by atoms with van der Waals surface area (Å²) in [5.41, 5.74) is 4.92. The molecule has 0 N–H and O–H groups in total. The van der Waals surface area contributed by atoms with E-state index in [1.807, 2.05) is 18.2 Å². The first kappa shape index (κ1) is 21.6. The fraction of sp³-hybridized carbons (Fsp3) is 0.269. The van der Waals surface area contributed by atoms with Crippen molar-refractivity contribution >= 4 is 17.8 Å². The summed E-state index contributed by atoms with van der Waals surface area (Å²) in [6.07, 6.45) is 8.89. The van der Waals surface area contributed by atoms with Crippen LogP contribution in [-0.2, 0) is 18.5 Å². The van der Waals surface area contributed by atoms with Crippen molar-refractivity contribution in [3.63, 3.8) is 0 Å². The van der Waals surface area contributed by atoms with Crippen molar-refractivity contribution < 1.29 is 4.92 Å². The lowest BCUT2D eigenvalue weighted by Crippen LogP contribution is -2.26. The van der Waals surface area contributed by atoms with Crippen LogP contribution in [0, 0.1) is 10.1 Å². The second-order valence-corrected chi connectivity index (χ2v) is 9.14. The average Bonchev–Trinajstić information content (AvgIpc) is 2.91. The van der Waals surface area contributed by atoms with E-state index in [2.05, 4.69) is 51.1 Å². The zero-order valence-electron chi connectivity index (χ0n) is 18.6. The molecule has 1 aliphatic carbocycles. The third-order valence-corrected chi connectivity index (χ3v) is 5.78. The third-order valence-electron chi connectivity index (χ3n) is 5.78. The molecule has 3 aromatic rings. The summed E-state index contributed by atoms with van der Waals surface area (Å²) in [6.45, 7) is 7.38. The summed E-state index contributed by atoms with van der Waals surface area (Å²) >= 11 is 0. The van der Waals surface area contributed by atoms with E-state index in [0.717, 1.165) is 28.9 Å². The van der Waals surface area contributed by atoms with Crippen LogP contribution in [0.4, 0.5) is 5.69 Å². The molecule has 0 saturated carbocycles. The van der Waals surface area contributed by atoms with Gasteiger partial charge in [0.05, 0.1) is 29.4 Å². The van der Waals surface area contributed by atoms with Crippen LogP contribution in [0.15, 0.2) is 65.5 Å². The van der Waals surface area contributed by atoms with E-state index in [1.54, 1.807) is 21.3 Å². The standard InChI is InChI=1S/C26H27N3O3/c1-26(2,3)21-13-9-19(10-14-21)17-27-23-7-5-4-6-8-24(23)28(25(27)30)18-20-11-15-22(16-12-20)29(31)32/h5-16H,4,17-18H2,1-3H3. The molecular formula is C26H27N3O3. The first-order valence-electron chi connectivity index (χ1n) is 10.7. The van der Waals surface area contributed by atoms with E-state index in [0.29, 0.717) is 13.1 Å². The number of nitrogens with zero attached hydrogens (tertiary/aromatic N) is 3. The zero-order chi connectivity index (χ0) is 22.9. The maximum absolute atomic E-state index is 13.4. The highest BCUT2D eigenvalue weighted by atomic mass is 16.6. The van der Waals surface area contributed by atoms with Crippen LogP contribution in [0.25, 0.3) is 12.2 Å². The maximum atomic E-state index is 13.4. The van der Waals surface area contributed by atoms with Gasteiger partial charge >= 0.3 is 5.69 Å². The number of nitro benzene ring substituents is 1. The molecule has 0 bridgehead atoms. The monoisotopic (exact) mass is 429 g/mol. The summed E-state index contributed by atoms with van der Waals surface area (Å²) in [4.78, 5) is 23.9. The van der Waals surface area contributed by atoms with Gasteiger partial charge in [0.15, 0.2) is 0 Å². The number of non-ortho nitro benzene ring substituents is 1. The van der Waals surface area contributed by atoms with Gasteiger partial charge in [0, 0.05) is 12.1 Å². The zero-order valence-corrected chi connectivity index (χ0v) is 18.6. The molecule has 4 rings (SSSR count). The Balaban J connectivity index is 1.71. The molecule has 0 spiro atoms. The van der Waals surface area contributed by atoms with Crippen LogP contribution >= 0.6 is 0 Å². The predicted molar refractivity (Wildman–Crippen MR) is 128 cm³/mol. The van der Waals surface area contributed by atoms with Gasteiger partial charge in [0.25, 0.3) is 5.69 Å². The maximum Gasteiger partial charge on any atom is 0.329 e. The number of aromatic nitrogens is 2. The topological polar surface area (TPSA) is 70.1 Å². The van der Waals surface area contributed by atoms with Gasteiger partial charge in [-0.25, -0.2) is 4.79 Å². The lowest BCUT2D eigenvalue weighted by Gasteiger charge is -2.19. The number of benzene rings is 2. The minimum Gasteiger partial charge on any atom is -0.288 e. The summed E-state index contributed by atoms with van der Waals surface area (Å²) in [5.74, 6) is 0. The van der Waals surface area contributed by atoms with Crippen LogP contribution in [0.5, 0.6) is 0 Å². The van der Waals surface area contributed by atoms with Crippen molar-refractivity contribution in [1.82, 2.24) is 9.13 Å². The first-order valence-corrected chi connectivity index (χ1v) is 10.7. The van der Waals surface area contributed by atoms with Crippen molar-refractivity contribution in [3.8, 4) is 0 Å². The lowest BCUT2D eigenvalue weighted by atomic mass is 9.87. The molecule has 1 heterocycles. The quantitative estimate of drug-likeness (QED) is 0.404. The minimum absolute atomic E-state index is 0.0408. The number of nitro groups is 1. The van der Waals surface area contributed by atoms with Crippen LogP contribution in [0.2, 0.25) is 0 Å². The Hall–Kier alpha value is -3.67. The highest BCUT2D eigenvalue weighted by Gasteiger charge is 2.19. The molecule has 6 nitrogen and oxygen atoms in total. The van der Waals surface area contributed by atoms with Gasteiger partial charge in [0.2, 0.25) is 0 Å². The summed E-state index contributed by atoms with van der Waals surface area (Å²) in [6, 6.07) is 14.8. The van der Waals surface area contributed by atoms with Gasteiger partial charge in [-0.3, -0.25) is 19.2 Å². The molecule has 0 radical (unpaired) electrons. The Labute approximate surface area is 187 Å². The summed E-state index contributed by atoms with van der Waals surface area (Å²) in [7, 11) is 0. The highest BCUT2D eigenvalue weighted by Crippen LogP contribution is 2.24. The molecule has 1 aromatic heterocycles. The summed E-state index contributed by atoms with van der Waals surface area (Å²) in [5, 5.41) is 10.9. The largest absolute Gasteiger partial charge is 0.329 e. The first-order chi connectivity index (χ1) is 15.2. The fourth-order valence-corrected chi connectivity index (χ4v) is 3.92. The second kappa shape index (κ2) is 8.46. The van der Waals surface area contributed by atoms with Crippen LogP contribution in [0.3, 0.4) is 0 Å². The predicted octanol–water partition coefficient (Wildman–Crippen LogP) is 5.38. The molecule has 0 unspecified atom stereocenters. The molecule has 0 amide bonds. The van der Waals surface area contributed by atoms with E-state index >= 15 is 0 Å². The second-order valence-electron chi connectivity index (χ2n) is 9.14. The fourth-order valence-electron chi connectivity index (χ4n) is 3.92. The van der Waals surface area contributed by atoms with Gasteiger partial charge < -0.3 is 0 Å². The molecule has 2 aromatic carbocycles. The van der Waals surface area contributed by atoms with E-state index in [9.17, 15) is 14.9 Å². The molecule has 164 valence electrons. The van der Waals surface area contributed by atoms with Gasteiger partial charge in [-0.05, 0) is 40.7 Å². The van der Waals surface area contributed by atoms with E-state index in [-0.39, 0.29) is 16.8 Å². The van der Waals surface area contributed by atoms with Crippen molar-refractivity contribution in [1.29, 1.82) is 0 Å². The Morgan fingerprint density at radius 3 is 1.75 bits per heavy atom. The molecular weight excluding hydrogens is 402 g/mol. The Bertz CT molecular complexity index is 1250. The molecule has 1 aliphatic rings. The van der Waals surface area contributed by atoms with Crippen molar-refractivity contribution in [2.24, 2.45) is 0 Å². The summed E-state index contributed by atoms with van der Waals surface area (Å²) < 4.78 is 3.55. The number of imidazole rings is 1. The van der Waals surface area contributed by atoms with E-state index < -0.39 is 4.92 Å². The molecule has 6 heteroatoms. The van der Waals surface area contributed by atoms with Gasteiger partial charge in [-0.1, -0.05) is 69.3 Å². The molecule has 0 atom stereocenters. The third kappa shape index (κ3) is 4.35. The van der Waals surface area contributed by atoms with Crippen molar-refractivity contribution in [2.45, 2.75) is 45.7 Å². The van der Waals surface area contributed by atoms with E-state index in [4.69, 9.17) is 0 Å². The Kier molecular flexibility index (Phi) is 5.70. The van der Waals surface area contributed by atoms with Crippen LogP contribution in [0.1, 0.15) is 55.3 Å². The number of rotatable bonds is 5. The molecule has 32 heavy (non-hydrogen) atoms. The number of fused-ring (bicyclic) bond motifs is 1. The highest BCUT2D eigenvalue weighted by molar-refractivity contribution is 5.63. The number of hydrogen-bond acceptors (Lipinski definition) is 3.